The van der Waals surface area contributed by atoms with Gasteiger partial charge in [0.2, 0.25) is 0 Å². The van der Waals surface area contributed by atoms with Gasteiger partial charge in [-0.25, -0.2) is 18.4 Å². The molecule has 1 aliphatic rings. The maximum Gasteiger partial charge on any atom is 0.326 e. The zero-order valence-corrected chi connectivity index (χ0v) is 24.9. The van der Waals surface area contributed by atoms with Crippen molar-refractivity contribution in [3.63, 3.8) is 0 Å². The van der Waals surface area contributed by atoms with Crippen LogP contribution in [0, 0.1) is 0 Å². The summed E-state index contributed by atoms with van der Waals surface area (Å²) in [6, 6.07) is 10.7. The van der Waals surface area contributed by atoms with E-state index in [-0.39, 0.29) is 39.7 Å². The first-order valence-corrected chi connectivity index (χ1v) is 15.3. The largest absolute Gasteiger partial charge is 0.464 e. The van der Waals surface area contributed by atoms with Gasteiger partial charge in [0.25, 0.3) is 15.9 Å². The molecule has 0 spiro atoms. The molecular formula is C28H27Cl2N5O6S. The van der Waals surface area contributed by atoms with Crippen LogP contribution in [0.1, 0.15) is 19.8 Å². The Morgan fingerprint density at radius 3 is 2.50 bits per heavy atom. The summed E-state index contributed by atoms with van der Waals surface area (Å²) in [7, 11) is -4.27. The molecule has 1 aliphatic heterocycles. The summed E-state index contributed by atoms with van der Waals surface area (Å²) in [4.78, 5) is 35.1. The number of benzene rings is 2. The number of carbonyl (C=O) groups excluding carboxylic acids is 2. The third kappa shape index (κ3) is 6.36. The van der Waals surface area contributed by atoms with Crippen LogP contribution in [0.3, 0.4) is 0 Å². The highest BCUT2D eigenvalue weighted by atomic mass is 35.5. The van der Waals surface area contributed by atoms with Gasteiger partial charge in [-0.2, -0.15) is 0 Å². The van der Waals surface area contributed by atoms with Crippen molar-refractivity contribution in [1.82, 2.24) is 14.5 Å². The zero-order valence-electron chi connectivity index (χ0n) is 22.6. The monoisotopic (exact) mass is 631 g/mol. The summed E-state index contributed by atoms with van der Waals surface area (Å²) >= 11 is 12.2. The quantitative estimate of drug-likeness (QED) is 0.183. The molecule has 0 atom stereocenters. The second kappa shape index (κ2) is 12.7. The molecule has 0 aliphatic carbocycles. The summed E-state index contributed by atoms with van der Waals surface area (Å²) in [6.45, 7) is 2.42. The number of unbranched alkanes of at least 4 members (excludes halogenated alkanes) is 1. The summed E-state index contributed by atoms with van der Waals surface area (Å²) in [5.74, 6) is 0.0568. The number of carbonyl (C=O) groups is 2. The Morgan fingerprint density at radius 1 is 1.07 bits per heavy atom. The molecule has 1 fully saturated rings. The Hall–Kier alpha value is -3.71. The van der Waals surface area contributed by atoms with Gasteiger partial charge in [-0.1, -0.05) is 36.5 Å². The van der Waals surface area contributed by atoms with Crippen molar-refractivity contribution in [2.24, 2.45) is 0 Å². The number of ether oxygens (including phenoxy) is 2. The lowest BCUT2D eigenvalue weighted by atomic mass is 10.2. The summed E-state index contributed by atoms with van der Waals surface area (Å²) in [6.07, 6.45) is 6.33. The van der Waals surface area contributed by atoms with Crippen LogP contribution >= 0.6 is 23.2 Å². The van der Waals surface area contributed by atoms with Gasteiger partial charge >= 0.3 is 5.97 Å². The number of aromatic nitrogens is 3. The number of rotatable bonds is 10. The minimum atomic E-state index is -4.27. The van der Waals surface area contributed by atoms with Gasteiger partial charge in [0.15, 0.2) is 11.6 Å². The second-order valence-corrected chi connectivity index (χ2v) is 12.2. The number of esters is 1. The maximum absolute atomic E-state index is 13.8. The predicted octanol–water partition coefficient (Wildman–Crippen LogP) is 4.63. The van der Waals surface area contributed by atoms with E-state index in [4.69, 9.17) is 32.7 Å². The Kier molecular flexibility index (Phi) is 8.97. The first kappa shape index (κ1) is 29.8. The molecule has 1 saturated heterocycles. The van der Waals surface area contributed by atoms with Crippen LogP contribution in [-0.2, 0) is 29.1 Å². The molecule has 0 N–H and O–H groups in total. The van der Waals surface area contributed by atoms with E-state index in [0.29, 0.717) is 36.6 Å². The first-order chi connectivity index (χ1) is 20.2. The van der Waals surface area contributed by atoms with Crippen LogP contribution in [0.15, 0.2) is 66.0 Å². The lowest BCUT2D eigenvalue weighted by molar-refractivity contribution is -0.141. The number of hydrogen-bond donors (Lipinski definition) is 0. The van der Waals surface area contributed by atoms with Crippen molar-refractivity contribution in [2.45, 2.75) is 24.7 Å². The fraction of sp³-hybridized carbons (Fsp3) is 0.286. The van der Waals surface area contributed by atoms with Crippen molar-refractivity contribution in [3.8, 4) is 5.82 Å². The molecule has 11 nitrogen and oxygen atoms in total. The maximum atomic E-state index is 13.8. The third-order valence-corrected chi connectivity index (χ3v) is 8.74. The van der Waals surface area contributed by atoms with Crippen LogP contribution in [0.2, 0.25) is 10.0 Å². The molecule has 42 heavy (non-hydrogen) atoms. The van der Waals surface area contributed by atoms with Crippen LogP contribution < -0.4 is 9.21 Å². The van der Waals surface area contributed by atoms with Gasteiger partial charge in [0.1, 0.15) is 13.2 Å². The van der Waals surface area contributed by atoms with E-state index >= 15 is 0 Å². The van der Waals surface area contributed by atoms with Crippen molar-refractivity contribution >= 4 is 67.5 Å². The standard InChI is InChI=1S/C28H27Cl2N5O6S/c1-2-3-9-41-28(37)17-35(42(38,39)23-13-20(29)12-21(30)14-23)22-4-5-24-19(11-22)6-7-33(24)25-15-32-26(16-31-25)34-8-10-40-18-27(34)36/h4-7,11-16H,2-3,8-10,17-18H2,1H3. The Bertz CT molecular complexity index is 1710. The smallest absolute Gasteiger partial charge is 0.326 e. The van der Waals surface area contributed by atoms with Gasteiger partial charge < -0.3 is 9.47 Å². The average Bonchev–Trinajstić information content (AvgIpc) is 3.39. The molecule has 3 heterocycles. The number of morpholine rings is 1. The van der Waals surface area contributed by atoms with Crippen LogP contribution in [0.5, 0.6) is 0 Å². The number of nitrogens with zero attached hydrogens (tertiary/aromatic N) is 5. The molecular weight excluding hydrogens is 605 g/mol. The van der Waals surface area contributed by atoms with Gasteiger partial charge in [0.05, 0.1) is 48.3 Å². The number of halogens is 2. The van der Waals surface area contributed by atoms with E-state index in [1.165, 1.54) is 29.3 Å². The van der Waals surface area contributed by atoms with E-state index in [1.54, 1.807) is 41.2 Å². The normalized spacial score (nSPS) is 13.9. The molecule has 2 aromatic heterocycles. The molecule has 220 valence electrons. The zero-order chi connectivity index (χ0) is 29.9. The molecule has 14 heteroatoms. The molecule has 0 unspecified atom stereocenters. The minimum absolute atomic E-state index is 0.00154. The second-order valence-electron chi connectivity index (χ2n) is 9.45. The van der Waals surface area contributed by atoms with Gasteiger partial charge in [-0.15, -0.1) is 0 Å². The van der Waals surface area contributed by atoms with E-state index < -0.39 is 22.5 Å². The summed E-state index contributed by atoms with van der Waals surface area (Å²) in [5, 5.41) is 0.971. The van der Waals surface area contributed by atoms with Crippen LogP contribution in [0.25, 0.3) is 16.7 Å². The number of hydrogen-bond acceptors (Lipinski definition) is 8. The third-order valence-electron chi connectivity index (χ3n) is 6.55. The summed E-state index contributed by atoms with van der Waals surface area (Å²) in [5.41, 5.74) is 0.966. The van der Waals surface area contributed by atoms with Gasteiger partial charge in [-0.3, -0.25) is 23.4 Å². The molecule has 2 aromatic carbocycles. The van der Waals surface area contributed by atoms with E-state index in [1.807, 2.05) is 6.92 Å². The molecule has 0 saturated carbocycles. The van der Waals surface area contributed by atoms with Gasteiger partial charge in [0, 0.05) is 21.6 Å². The Morgan fingerprint density at radius 2 is 1.81 bits per heavy atom. The molecule has 5 rings (SSSR count). The number of fused-ring (bicyclic) bond motifs is 1. The number of sulfonamides is 1. The fourth-order valence-electron chi connectivity index (χ4n) is 4.44. The fourth-order valence-corrected chi connectivity index (χ4v) is 6.56. The molecule has 0 radical (unpaired) electrons. The van der Waals surface area contributed by atoms with Crippen LogP contribution in [-0.4, -0.2) is 67.7 Å². The van der Waals surface area contributed by atoms with E-state index in [2.05, 4.69) is 9.97 Å². The molecule has 0 bridgehead atoms. The van der Waals surface area contributed by atoms with Crippen molar-refractivity contribution in [3.05, 3.63) is 71.1 Å². The number of anilines is 2. The topological polar surface area (TPSA) is 124 Å². The predicted molar refractivity (Wildman–Crippen MR) is 159 cm³/mol. The highest BCUT2D eigenvalue weighted by Crippen LogP contribution is 2.31. The van der Waals surface area contributed by atoms with Crippen LogP contribution in [0.4, 0.5) is 11.5 Å². The molecule has 4 aromatic rings. The van der Waals surface area contributed by atoms with E-state index in [0.717, 1.165) is 16.2 Å². The Labute approximate surface area is 252 Å². The van der Waals surface area contributed by atoms with Gasteiger partial charge in [-0.05, 0) is 48.9 Å². The summed E-state index contributed by atoms with van der Waals surface area (Å²) < 4.78 is 40.8. The Balaban J connectivity index is 1.48. The number of amides is 1. The highest BCUT2D eigenvalue weighted by Gasteiger charge is 2.29. The van der Waals surface area contributed by atoms with Crippen molar-refractivity contribution in [2.75, 3.05) is 42.1 Å². The van der Waals surface area contributed by atoms with E-state index in [9.17, 15) is 18.0 Å². The lowest BCUT2D eigenvalue weighted by Crippen LogP contribution is -2.42. The first-order valence-electron chi connectivity index (χ1n) is 13.1. The lowest BCUT2D eigenvalue weighted by Gasteiger charge is -2.25. The highest BCUT2D eigenvalue weighted by molar-refractivity contribution is 7.92. The van der Waals surface area contributed by atoms with Crippen molar-refractivity contribution < 1.29 is 27.5 Å². The minimum Gasteiger partial charge on any atom is -0.464 e. The molecule has 1 amide bonds. The van der Waals surface area contributed by atoms with Crippen molar-refractivity contribution in [1.29, 1.82) is 0 Å². The SMILES string of the molecule is CCCCOC(=O)CN(c1ccc2c(ccn2-c2cnc(N3CCOCC3=O)cn2)c1)S(=O)(=O)c1cc(Cl)cc(Cl)c1. The average molecular weight is 633 g/mol.